The van der Waals surface area contributed by atoms with E-state index < -0.39 is 17.7 Å². The Morgan fingerprint density at radius 3 is 2.50 bits per heavy atom. The van der Waals surface area contributed by atoms with E-state index in [4.69, 9.17) is 32.5 Å². The third kappa shape index (κ3) is 4.00. The Balaban J connectivity index is 2.02. The molecule has 0 fully saturated rings. The van der Waals surface area contributed by atoms with Crippen molar-refractivity contribution in [1.29, 1.82) is 0 Å². The quantitative estimate of drug-likeness (QED) is 0.570. The molecule has 144 valence electrons. The van der Waals surface area contributed by atoms with E-state index in [1.165, 1.54) is 12.1 Å². The first-order valence-electron chi connectivity index (χ1n) is 8.10. The minimum atomic E-state index is -0.896. The van der Waals surface area contributed by atoms with Crippen LogP contribution in [-0.2, 0) is 4.74 Å². The third-order valence-corrected chi connectivity index (χ3v) is 4.27. The van der Waals surface area contributed by atoms with E-state index in [2.05, 4.69) is 10.5 Å². The predicted octanol–water partition coefficient (Wildman–Crippen LogP) is 5.22. The highest BCUT2D eigenvalue weighted by Gasteiger charge is 2.28. The van der Waals surface area contributed by atoms with Crippen molar-refractivity contribution in [3.8, 4) is 11.3 Å². The van der Waals surface area contributed by atoms with Crippen molar-refractivity contribution in [2.75, 3.05) is 11.9 Å². The first-order chi connectivity index (χ1) is 13.4. The third-order valence-electron chi connectivity index (χ3n) is 3.71. The lowest BCUT2D eigenvalue weighted by molar-refractivity contribution is 0.0528. The van der Waals surface area contributed by atoms with Gasteiger partial charge in [-0.25, -0.2) is 9.18 Å². The van der Waals surface area contributed by atoms with Gasteiger partial charge in [-0.1, -0.05) is 46.6 Å². The molecule has 1 N–H and O–H groups in total. The highest BCUT2D eigenvalue weighted by molar-refractivity contribution is 6.34. The molecular formula is C19H13Cl2FN2O4. The largest absolute Gasteiger partial charge is 0.462 e. The fraction of sp³-hybridized carbons (Fsp3) is 0.105. The second-order valence-corrected chi connectivity index (χ2v) is 6.36. The van der Waals surface area contributed by atoms with Gasteiger partial charge >= 0.3 is 5.97 Å². The molecule has 1 heterocycles. The Kier molecular flexibility index (Phi) is 5.96. The van der Waals surface area contributed by atoms with Gasteiger partial charge in [-0.05, 0) is 31.2 Å². The van der Waals surface area contributed by atoms with E-state index in [9.17, 15) is 14.0 Å². The lowest BCUT2D eigenvalue weighted by atomic mass is 10.1. The molecule has 2 aromatic carbocycles. The first kappa shape index (κ1) is 19.9. The summed E-state index contributed by atoms with van der Waals surface area (Å²) in [6, 6.07) is 10.3. The molecule has 0 atom stereocenters. The summed E-state index contributed by atoms with van der Waals surface area (Å²) in [7, 11) is 0. The second-order valence-electron chi connectivity index (χ2n) is 5.51. The van der Waals surface area contributed by atoms with Crippen LogP contribution in [-0.4, -0.2) is 23.6 Å². The molecule has 0 aliphatic carbocycles. The summed E-state index contributed by atoms with van der Waals surface area (Å²) in [5.74, 6) is -2.76. The number of carbonyl (C=O) groups excluding carboxylic acids is 2. The number of hydrogen-bond acceptors (Lipinski definition) is 5. The molecule has 0 aliphatic heterocycles. The fourth-order valence-electron chi connectivity index (χ4n) is 2.45. The number of nitrogens with one attached hydrogen (secondary N) is 1. The van der Waals surface area contributed by atoms with Crippen LogP contribution in [0.5, 0.6) is 0 Å². The van der Waals surface area contributed by atoms with E-state index in [0.717, 1.165) is 6.07 Å². The van der Waals surface area contributed by atoms with E-state index in [0.29, 0.717) is 10.6 Å². The molecule has 6 nitrogen and oxygen atoms in total. The van der Waals surface area contributed by atoms with Gasteiger partial charge in [0.15, 0.2) is 5.56 Å². The average molecular weight is 423 g/mol. The van der Waals surface area contributed by atoms with Crippen LogP contribution in [0.15, 0.2) is 47.0 Å². The maximum absolute atomic E-state index is 14.0. The van der Waals surface area contributed by atoms with Crippen LogP contribution < -0.4 is 5.32 Å². The van der Waals surface area contributed by atoms with Gasteiger partial charge in [-0.3, -0.25) is 10.1 Å². The Morgan fingerprint density at radius 2 is 1.86 bits per heavy atom. The molecule has 1 aromatic heterocycles. The maximum atomic E-state index is 14.0. The van der Waals surface area contributed by atoms with Crippen molar-refractivity contribution >= 4 is 41.0 Å². The van der Waals surface area contributed by atoms with Crippen LogP contribution in [0, 0.1) is 5.82 Å². The highest BCUT2D eigenvalue weighted by atomic mass is 35.5. The number of benzene rings is 2. The molecule has 0 unspecified atom stereocenters. The molecule has 0 saturated carbocycles. The molecule has 0 aliphatic rings. The zero-order valence-corrected chi connectivity index (χ0v) is 16.0. The Labute approximate surface area is 169 Å². The van der Waals surface area contributed by atoms with Crippen molar-refractivity contribution in [2.24, 2.45) is 0 Å². The van der Waals surface area contributed by atoms with Crippen LogP contribution in [0.3, 0.4) is 0 Å². The van der Waals surface area contributed by atoms with E-state index in [-0.39, 0.29) is 34.3 Å². The molecule has 0 bridgehead atoms. The van der Waals surface area contributed by atoms with Gasteiger partial charge < -0.3 is 9.26 Å². The number of halogens is 3. The highest BCUT2D eigenvalue weighted by Crippen LogP contribution is 2.31. The van der Waals surface area contributed by atoms with Crippen LogP contribution in [0.2, 0.25) is 10.0 Å². The number of amides is 1. The smallest absolute Gasteiger partial charge is 0.346 e. The minimum absolute atomic E-state index is 0.0902. The summed E-state index contributed by atoms with van der Waals surface area (Å²) < 4.78 is 24.2. The van der Waals surface area contributed by atoms with Crippen molar-refractivity contribution in [3.05, 3.63) is 69.5 Å². The first-order valence-corrected chi connectivity index (χ1v) is 8.86. The SMILES string of the molecule is CCOC(=O)c1c(-c2ccc(Cl)cc2)noc1NC(=O)c1c(F)cccc1Cl. The second kappa shape index (κ2) is 8.41. The molecule has 0 saturated heterocycles. The Hall–Kier alpha value is -2.90. The Bertz CT molecular complexity index is 1010. The molecule has 0 radical (unpaired) electrons. The van der Waals surface area contributed by atoms with Gasteiger partial charge in [0.05, 0.1) is 17.2 Å². The van der Waals surface area contributed by atoms with Crippen molar-refractivity contribution in [3.63, 3.8) is 0 Å². The number of nitrogens with zero attached hydrogens (tertiary/aromatic N) is 1. The molecule has 9 heteroatoms. The van der Waals surface area contributed by atoms with Gasteiger partial charge in [-0.2, -0.15) is 0 Å². The fourth-order valence-corrected chi connectivity index (χ4v) is 2.83. The molecule has 28 heavy (non-hydrogen) atoms. The monoisotopic (exact) mass is 422 g/mol. The molecule has 0 spiro atoms. The molecule has 3 rings (SSSR count). The van der Waals surface area contributed by atoms with Crippen LogP contribution in [0.25, 0.3) is 11.3 Å². The van der Waals surface area contributed by atoms with Crippen molar-refractivity contribution in [2.45, 2.75) is 6.92 Å². The normalized spacial score (nSPS) is 10.6. The number of rotatable bonds is 5. The zero-order valence-electron chi connectivity index (χ0n) is 14.5. The lowest BCUT2D eigenvalue weighted by Crippen LogP contribution is -2.17. The number of ether oxygens (including phenoxy) is 1. The predicted molar refractivity (Wildman–Crippen MR) is 102 cm³/mol. The van der Waals surface area contributed by atoms with Crippen LogP contribution in [0.1, 0.15) is 27.6 Å². The summed E-state index contributed by atoms with van der Waals surface area (Å²) in [6.07, 6.45) is 0. The van der Waals surface area contributed by atoms with E-state index in [1.54, 1.807) is 31.2 Å². The summed E-state index contributed by atoms with van der Waals surface area (Å²) in [6.45, 7) is 1.72. The van der Waals surface area contributed by atoms with Crippen LogP contribution in [0.4, 0.5) is 10.3 Å². The van der Waals surface area contributed by atoms with Crippen LogP contribution >= 0.6 is 23.2 Å². The lowest BCUT2D eigenvalue weighted by Gasteiger charge is -2.07. The molecular weight excluding hydrogens is 410 g/mol. The van der Waals surface area contributed by atoms with Gasteiger partial charge in [0.25, 0.3) is 5.91 Å². The van der Waals surface area contributed by atoms with Gasteiger partial charge in [-0.15, -0.1) is 0 Å². The molecule has 1 amide bonds. The number of anilines is 1. The van der Waals surface area contributed by atoms with E-state index >= 15 is 0 Å². The number of carbonyl (C=O) groups is 2. The molecule has 3 aromatic rings. The van der Waals surface area contributed by atoms with Crippen molar-refractivity contribution in [1.82, 2.24) is 5.16 Å². The van der Waals surface area contributed by atoms with Gasteiger partial charge in [0, 0.05) is 10.6 Å². The number of aromatic nitrogens is 1. The zero-order chi connectivity index (χ0) is 20.3. The summed E-state index contributed by atoms with van der Waals surface area (Å²) in [5, 5.41) is 6.58. The number of hydrogen-bond donors (Lipinski definition) is 1. The average Bonchev–Trinajstić information content (AvgIpc) is 3.06. The number of esters is 1. The standard InChI is InChI=1S/C19H13Cl2FN2O4/c1-2-27-19(26)15-16(10-6-8-11(20)9-7-10)24-28-18(15)23-17(25)14-12(21)4-3-5-13(14)22/h3-9H,2H2,1H3,(H,23,25). The van der Waals surface area contributed by atoms with Crippen molar-refractivity contribution < 1.29 is 23.2 Å². The van der Waals surface area contributed by atoms with E-state index in [1.807, 2.05) is 0 Å². The maximum Gasteiger partial charge on any atom is 0.346 e. The Morgan fingerprint density at radius 1 is 1.14 bits per heavy atom. The topological polar surface area (TPSA) is 81.4 Å². The van der Waals surface area contributed by atoms with Gasteiger partial charge in [0.2, 0.25) is 5.88 Å². The minimum Gasteiger partial charge on any atom is -0.462 e. The summed E-state index contributed by atoms with van der Waals surface area (Å²) in [4.78, 5) is 24.9. The summed E-state index contributed by atoms with van der Waals surface area (Å²) in [5.41, 5.74) is 0.166. The van der Waals surface area contributed by atoms with Gasteiger partial charge in [0.1, 0.15) is 11.5 Å². The summed E-state index contributed by atoms with van der Waals surface area (Å²) >= 11 is 11.8.